The zero-order valence-corrected chi connectivity index (χ0v) is 15.9. The van der Waals surface area contributed by atoms with Gasteiger partial charge in [0.15, 0.2) is 0 Å². The monoisotopic (exact) mass is 377 g/mol. The number of imide groups is 1. The van der Waals surface area contributed by atoms with Crippen molar-refractivity contribution >= 4 is 23.5 Å². The highest BCUT2D eigenvalue weighted by molar-refractivity contribution is 6.23. The number of carbonyl (C=O) groups is 3. The number of methoxy groups -OCH3 is 1. The zero-order valence-electron chi connectivity index (χ0n) is 15.9. The first-order valence-corrected chi connectivity index (χ1v) is 10.1. The maximum Gasteiger partial charge on any atom is 0.337 e. The average Bonchev–Trinajstić information content (AvgIpc) is 3.38. The highest BCUT2D eigenvalue weighted by Crippen LogP contribution is 2.58. The van der Waals surface area contributed by atoms with Crippen molar-refractivity contribution in [1.29, 1.82) is 0 Å². The molecule has 0 spiro atoms. The largest absolute Gasteiger partial charge is 0.465 e. The molecule has 0 aromatic heterocycles. The summed E-state index contributed by atoms with van der Waals surface area (Å²) in [5, 5.41) is 0. The fourth-order valence-corrected chi connectivity index (χ4v) is 5.62. The van der Waals surface area contributed by atoms with E-state index in [1.165, 1.54) is 42.4 Å². The minimum absolute atomic E-state index is 0.0823. The Morgan fingerprint density at radius 2 is 1.50 bits per heavy atom. The Labute approximate surface area is 164 Å². The number of ether oxygens (including phenoxy) is 1. The van der Waals surface area contributed by atoms with Gasteiger partial charge in [-0.05, 0) is 49.9 Å². The van der Waals surface area contributed by atoms with Crippen LogP contribution in [0.15, 0.2) is 47.6 Å². The second-order valence-corrected chi connectivity index (χ2v) is 8.16. The number of fused-ring (bicyclic) bond motifs is 5. The Balaban J connectivity index is 1.46. The van der Waals surface area contributed by atoms with Gasteiger partial charge in [-0.1, -0.05) is 29.7 Å². The Morgan fingerprint density at radius 3 is 2.04 bits per heavy atom. The highest BCUT2D eigenvalue weighted by atomic mass is 16.5. The van der Waals surface area contributed by atoms with Crippen molar-refractivity contribution in [3.05, 3.63) is 53.1 Å². The van der Waals surface area contributed by atoms with Crippen LogP contribution in [0, 0.1) is 23.7 Å². The second-order valence-electron chi connectivity index (χ2n) is 8.16. The first-order chi connectivity index (χ1) is 13.6. The molecule has 2 amide bonds. The quantitative estimate of drug-likeness (QED) is 0.448. The van der Waals surface area contributed by atoms with Crippen LogP contribution < -0.4 is 4.90 Å². The second kappa shape index (κ2) is 6.43. The summed E-state index contributed by atoms with van der Waals surface area (Å²) in [6, 6.07) is 6.49. The molecule has 2 saturated carbocycles. The lowest BCUT2D eigenvalue weighted by atomic mass is 9.85. The lowest BCUT2D eigenvalue weighted by Gasteiger charge is -2.23. The summed E-state index contributed by atoms with van der Waals surface area (Å²) < 4.78 is 4.71. The van der Waals surface area contributed by atoms with Gasteiger partial charge in [-0.15, -0.1) is 0 Å². The maximum atomic E-state index is 13.2. The van der Waals surface area contributed by atoms with Gasteiger partial charge in [-0.2, -0.15) is 0 Å². The summed E-state index contributed by atoms with van der Waals surface area (Å²) in [6.45, 7) is 0. The van der Waals surface area contributed by atoms with E-state index in [1.807, 2.05) is 0 Å². The number of benzene rings is 1. The maximum absolute atomic E-state index is 13.2. The molecule has 1 heterocycles. The van der Waals surface area contributed by atoms with Crippen molar-refractivity contribution in [3.8, 4) is 0 Å². The molecule has 144 valence electrons. The molecule has 5 nitrogen and oxygen atoms in total. The molecule has 3 fully saturated rings. The van der Waals surface area contributed by atoms with E-state index in [9.17, 15) is 14.4 Å². The van der Waals surface area contributed by atoms with E-state index in [1.54, 1.807) is 24.3 Å². The van der Waals surface area contributed by atoms with Crippen LogP contribution in [-0.4, -0.2) is 24.9 Å². The number of anilines is 1. The van der Waals surface area contributed by atoms with Crippen LogP contribution in [0.25, 0.3) is 0 Å². The molecule has 0 N–H and O–H groups in total. The first kappa shape index (κ1) is 17.4. The molecule has 5 rings (SSSR count). The zero-order chi connectivity index (χ0) is 19.4. The molecular formula is C23H23NO4. The number of carbonyl (C=O) groups excluding carboxylic acids is 3. The Kier molecular flexibility index (Phi) is 4.00. The summed E-state index contributed by atoms with van der Waals surface area (Å²) in [4.78, 5) is 39.5. The molecule has 1 saturated heterocycles. The molecule has 5 heteroatoms. The van der Waals surface area contributed by atoms with Gasteiger partial charge in [0, 0.05) is 11.8 Å². The average molecular weight is 377 g/mol. The molecular weight excluding hydrogens is 354 g/mol. The van der Waals surface area contributed by atoms with Gasteiger partial charge < -0.3 is 4.74 Å². The lowest BCUT2D eigenvalue weighted by molar-refractivity contribution is -0.122. The number of nitrogens with zero attached hydrogens (tertiary/aromatic N) is 1. The summed E-state index contributed by atoms with van der Waals surface area (Å²) in [5.74, 6) is -1.02. The SMILES string of the molecule is COC(=O)c1ccc(N2C(=O)[C@H]3[C@H](C2=O)[C@H]2C=C[C@@H]3C2=C2CCCCC2)cc1. The van der Waals surface area contributed by atoms with Crippen molar-refractivity contribution < 1.29 is 19.1 Å². The minimum Gasteiger partial charge on any atom is -0.465 e. The number of rotatable bonds is 2. The van der Waals surface area contributed by atoms with E-state index >= 15 is 0 Å². The first-order valence-electron chi connectivity index (χ1n) is 10.1. The molecule has 3 aliphatic carbocycles. The van der Waals surface area contributed by atoms with Crippen molar-refractivity contribution in [2.45, 2.75) is 32.1 Å². The smallest absolute Gasteiger partial charge is 0.337 e. The van der Waals surface area contributed by atoms with Crippen LogP contribution in [0.1, 0.15) is 42.5 Å². The number of esters is 1. The van der Waals surface area contributed by atoms with E-state index in [4.69, 9.17) is 4.74 Å². The number of hydrogen-bond donors (Lipinski definition) is 0. The molecule has 4 aliphatic rings. The van der Waals surface area contributed by atoms with Crippen LogP contribution in [0.3, 0.4) is 0 Å². The van der Waals surface area contributed by atoms with Gasteiger partial charge in [-0.25, -0.2) is 9.69 Å². The van der Waals surface area contributed by atoms with Crippen molar-refractivity contribution in [2.24, 2.45) is 23.7 Å². The molecule has 1 aromatic carbocycles. The summed E-state index contributed by atoms with van der Waals surface area (Å²) in [6.07, 6.45) is 10.2. The fourth-order valence-electron chi connectivity index (χ4n) is 5.62. The van der Waals surface area contributed by atoms with E-state index in [2.05, 4.69) is 12.2 Å². The van der Waals surface area contributed by atoms with Crippen molar-refractivity contribution in [2.75, 3.05) is 12.0 Å². The van der Waals surface area contributed by atoms with Crippen LogP contribution in [-0.2, 0) is 14.3 Å². The highest BCUT2D eigenvalue weighted by Gasteiger charge is 2.62. The van der Waals surface area contributed by atoms with Gasteiger partial charge in [0.2, 0.25) is 11.8 Å². The van der Waals surface area contributed by atoms with Crippen LogP contribution in [0.4, 0.5) is 5.69 Å². The van der Waals surface area contributed by atoms with Crippen LogP contribution in [0.5, 0.6) is 0 Å². The summed E-state index contributed by atoms with van der Waals surface area (Å²) in [5.41, 5.74) is 3.80. The molecule has 0 unspecified atom stereocenters. The van der Waals surface area contributed by atoms with Gasteiger partial charge in [0.1, 0.15) is 0 Å². The van der Waals surface area contributed by atoms with Gasteiger partial charge in [-0.3, -0.25) is 9.59 Å². The lowest BCUT2D eigenvalue weighted by Crippen LogP contribution is -2.33. The number of allylic oxidation sites excluding steroid dienone is 4. The summed E-state index contributed by atoms with van der Waals surface area (Å²) >= 11 is 0. The molecule has 1 aromatic rings. The Morgan fingerprint density at radius 1 is 0.929 bits per heavy atom. The summed E-state index contributed by atoms with van der Waals surface area (Å²) in [7, 11) is 1.33. The third-order valence-corrected chi connectivity index (χ3v) is 6.83. The van der Waals surface area contributed by atoms with Crippen molar-refractivity contribution in [1.82, 2.24) is 0 Å². The predicted molar refractivity (Wildman–Crippen MR) is 103 cm³/mol. The Hall–Kier alpha value is -2.69. The van der Waals surface area contributed by atoms with E-state index in [0.29, 0.717) is 11.3 Å². The van der Waals surface area contributed by atoms with Gasteiger partial charge in [0.05, 0.1) is 30.2 Å². The standard InChI is InChI=1S/C23H23NO4/c1-28-23(27)14-7-9-15(10-8-14)24-21(25)19-16-11-12-17(20(19)22(24)26)18(16)13-5-3-2-4-6-13/h7-12,16-17,19-20H,2-6H2,1H3/t16-,17+,19-,20-/m1/s1. The third kappa shape index (κ3) is 2.35. The van der Waals surface area contributed by atoms with Gasteiger partial charge >= 0.3 is 5.97 Å². The molecule has 0 radical (unpaired) electrons. The molecule has 4 atom stereocenters. The molecule has 28 heavy (non-hydrogen) atoms. The predicted octanol–water partition coefficient (Wildman–Crippen LogP) is 3.66. The molecule has 1 aliphatic heterocycles. The number of amides is 2. The van der Waals surface area contributed by atoms with E-state index in [-0.39, 0.29) is 35.5 Å². The topological polar surface area (TPSA) is 63.7 Å². The normalized spacial score (nSPS) is 31.0. The minimum atomic E-state index is -0.437. The van der Waals surface area contributed by atoms with Crippen LogP contribution in [0.2, 0.25) is 0 Å². The van der Waals surface area contributed by atoms with E-state index < -0.39 is 5.97 Å². The Bertz CT molecular complexity index is 884. The third-order valence-electron chi connectivity index (χ3n) is 6.83. The number of hydrogen-bond acceptors (Lipinski definition) is 4. The fraction of sp³-hybridized carbons (Fsp3) is 0.435. The van der Waals surface area contributed by atoms with Crippen LogP contribution >= 0.6 is 0 Å². The van der Waals surface area contributed by atoms with E-state index in [0.717, 1.165) is 12.8 Å². The molecule has 2 bridgehead atoms. The van der Waals surface area contributed by atoms with Crippen molar-refractivity contribution in [3.63, 3.8) is 0 Å². The van der Waals surface area contributed by atoms with Gasteiger partial charge in [0.25, 0.3) is 0 Å².